The first-order chi connectivity index (χ1) is 8.31. The maximum atomic E-state index is 11.8. The molecule has 2 rings (SSSR count). The lowest BCUT2D eigenvalue weighted by Crippen LogP contribution is -2.23. The van der Waals surface area contributed by atoms with E-state index in [0.717, 1.165) is 11.9 Å². The van der Waals surface area contributed by atoms with Crippen LogP contribution in [0.1, 0.15) is 23.7 Å². The van der Waals surface area contributed by atoms with Gasteiger partial charge < -0.3 is 5.32 Å². The van der Waals surface area contributed by atoms with Crippen LogP contribution in [0.5, 0.6) is 0 Å². The first-order valence-electron chi connectivity index (χ1n) is 5.51. The normalized spacial score (nSPS) is 11.1. The van der Waals surface area contributed by atoms with Gasteiger partial charge in [-0.1, -0.05) is 12.2 Å². The summed E-state index contributed by atoms with van der Waals surface area (Å²) in [4.78, 5) is 11.8. The molecule has 5 nitrogen and oxygen atoms in total. The molecule has 5 heteroatoms. The number of nitrogens with one attached hydrogen (secondary N) is 2. The Morgan fingerprint density at radius 2 is 2.24 bits per heavy atom. The van der Waals surface area contributed by atoms with Crippen LogP contribution in [-0.2, 0) is 0 Å². The highest BCUT2D eigenvalue weighted by atomic mass is 16.1. The summed E-state index contributed by atoms with van der Waals surface area (Å²) in [5.74, 6) is -0.0839. The fraction of sp³-hybridized carbons (Fsp3) is 0.250. The summed E-state index contributed by atoms with van der Waals surface area (Å²) in [5, 5.41) is 13.2. The Balaban J connectivity index is 2.03. The number of rotatable bonds is 4. The van der Waals surface area contributed by atoms with E-state index in [9.17, 15) is 4.79 Å². The van der Waals surface area contributed by atoms with E-state index in [0.29, 0.717) is 17.6 Å². The molecule has 0 aliphatic heterocycles. The van der Waals surface area contributed by atoms with Crippen molar-refractivity contribution in [2.24, 2.45) is 0 Å². The third-order valence-corrected chi connectivity index (χ3v) is 2.41. The minimum Gasteiger partial charge on any atom is -0.352 e. The van der Waals surface area contributed by atoms with Crippen molar-refractivity contribution >= 4 is 16.9 Å². The molecule has 0 unspecified atom stereocenters. The molecule has 2 N–H and O–H groups in total. The van der Waals surface area contributed by atoms with E-state index in [1.54, 1.807) is 18.2 Å². The molecule has 1 amide bonds. The highest BCUT2D eigenvalue weighted by Gasteiger charge is 2.06. The van der Waals surface area contributed by atoms with E-state index in [1.165, 1.54) is 0 Å². The van der Waals surface area contributed by atoms with Gasteiger partial charge in [0.25, 0.3) is 5.91 Å². The molecule has 0 atom stereocenters. The molecule has 1 heterocycles. The van der Waals surface area contributed by atoms with Crippen molar-refractivity contribution in [3.05, 3.63) is 35.9 Å². The monoisotopic (exact) mass is 230 g/mol. The van der Waals surface area contributed by atoms with E-state index in [2.05, 4.69) is 20.7 Å². The molecule has 88 valence electrons. The highest BCUT2D eigenvalue weighted by molar-refractivity contribution is 5.97. The summed E-state index contributed by atoms with van der Waals surface area (Å²) in [6, 6.07) is 5.25. The molecule has 0 bridgehead atoms. The standard InChI is InChI=1S/C12H14N4O/c1-2-3-4-7-13-12(17)9-5-6-10-11(8-9)15-16-14-10/h2-3,5-6,8H,4,7H2,1H3,(H,13,17)(H,14,15,16)/b3-2+. The van der Waals surface area contributed by atoms with Crippen LogP contribution in [0.15, 0.2) is 30.4 Å². The first-order valence-corrected chi connectivity index (χ1v) is 5.51. The van der Waals surface area contributed by atoms with Crippen molar-refractivity contribution in [2.45, 2.75) is 13.3 Å². The van der Waals surface area contributed by atoms with E-state index in [4.69, 9.17) is 0 Å². The molecular formula is C12H14N4O. The number of fused-ring (bicyclic) bond motifs is 1. The molecule has 0 fully saturated rings. The zero-order chi connectivity index (χ0) is 12.1. The summed E-state index contributed by atoms with van der Waals surface area (Å²) < 4.78 is 0. The van der Waals surface area contributed by atoms with Crippen LogP contribution in [0.4, 0.5) is 0 Å². The zero-order valence-corrected chi connectivity index (χ0v) is 9.60. The lowest BCUT2D eigenvalue weighted by atomic mass is 10.2. The second-order valence-electron chi connectivity index (χ2n) is 3.64. The minimum absolute atomic E-state index is 0.0839. The van der Waals surface area contributed by atoms with Gasteiger partial charge in [-0.25, -0.2) is 0 Å². The molecule has 17 heavy (non-hydrogen) atoms. The SMILES string of the molecule is C/C=C/CCNC(=O)c1ccc2n[nH]nc2c1. The van der Waals surface area contributed by atoms with E-state index in [1.807, 2.05) is 19.1 Å². The Kier molecular flexibility index (Phi) is 3.49. The van der Waals surface area contributed by atoms with Gasteiger partial charge in [0.2, 0.25) is 0 Å². The molecule has 0 spiro atoms. The predicted octanol–water partition coefficient (Wildman–Crippen LogP) is 1.65. The molecule has 0 aliphatic rings. The van der Waals surface area contributed by atoms with Crippen molar-refractivity contribution in [3.8, 4) is 0 Å². The largest absolute Gasteiger partial charge is 0.352 e. The van der Waals surface area contributed by atoms with Crippen LogP contribution < -0.4 is 5.32 Å². The number of carbonyl (C=O) groups is 1. The number of aromatic amines is 1. The number of hydrogen-bond acceptors (Lipinski definition) is 3. The average molecular weight is 230 g/mol. The van der Waals surface area contributed by atoms with Gasteiger partial charge in [0, 0.05) is 12.1 Å². The number of H-pyrrole nitrogens is 1. The van der Waals surface area contributed by atoms with Gasteiger partial charge >= 0.3 is 0 Å². The summed E-state index contributed by atoms with van der Waals surface area (Å²) in [6.07, 6.45) is 4.82. The molecule has 0 saturated heterocycles. The van der Waals surface area contributed by atoms with Crippen LogP contribution in [0, 0.1) is 0 Å². The third-order valence-electron chi connectivity index (χ3n) is 2.41. The van der Waals surface area contributed by atoms with Gasteiger partial charge in [0.15, 0.2) is 0 Å². The molecule has 0 radical (unpaired) electrons. The van der Waals surface area contributed by atoms with Crippen LogP contribution in [0.2, 0.25) is 0 Å². The van der Waals surface area contributed by atoms with Gasteiger partial charge in [-0.15, -0.1) is 0 Å². The minimum atomic E-state index is -0.0839. The first kappa shape index (κ1) is 11.3. The lowest BCUT2D eigenvalue weighted by Gasteiger charge is -2.02. The number of carbonyl (C=O) groups excluding carboxylic acids is 1. The number of aromatic nitrogens is 3. The Bertz CT molecular complexity index is 544. The van der Waals surface area contributed by atoms with Crippen LogP contribution in [-0.4, -0.2) is 27.9 Å². The quantitative estimate of drug-likeness (QED) is 0.619. The fourth-order valence-corrected chi connectivity index (χ4v) is 1.52. The van der Waals surface area contributed by atoms with E-state index >= 15 is 0 Å². The van der Waals surface area contributed by atoms with Gasteiger partial charge in [0.05, 0.1) is 0 Å². The van der Waals surface area contributed by atoms with Crippen molar-refractivity contribution < 1.29 is 4.79 Å². The van der Waals surface area contributed by atoms with E-state index < -0.39 is 0 Å². The summed E-state index contributed by atoms with van der Waals surface area (Å²) in [6.45, 7) is 2.60. The summed E-state index contributed by atoms with van der Waals surface area (Å²) in [7, 11) is 0. The van der Waals surface area contributed by atoms with Crippen molar-refractivity contribution in [1.29, 1.82) is 0 Å². The zero-order valence-electron chi connectivity index (χ0n) is 9.60. The third kappa shape index (κ3) is 2.69. The van der Waals surface area contributed by atoms with Gasteiger partial charge in [-0.2, -0.15) is 15.4 Å². The number of allylic oxidation sites excluding steroid dienone is 1. The fourth-order valence-electron chi connectivity index (χ4n) is 1.52. The van der Waals surface area contributed by atoms with Gasteiger partial charge in [-0.05, 0) is 31.5 Å². The van der Waals surface area contributed by atoms with Gasteiger partial charge in [-0.3, -0.25) is 4.79 Å². The van der Waals surface area contributed by atoms with Crippen molar-refractivity contribution in [3.63, 3.8) is 0 Å². The summed E-state index contributed by atoms with van der Waals surface area (Å²) >= 11 is 0. The van der Waals surface area contributed by atoms with Crippen molar-refractivity contribution in [2.75, 3.05) is 6.54 Å². The Morgan fingerprint density at radius 1 is 1.41 bits per heavy atom. The lowest BCUT2D eigenvalue weighted by molar-refractivity contribution is 0.0954. The smallest absolute Gasteiger partial charge is 0.251 e. The number of hydrogen-bond donors (Lipinski definition) is 2. The molecule has 1 aromatic carbocycles. The van der Waals surface area contributed by atoms with Crippen molar-refractivity contribution in [1.82, 2.24) is 20.7 Å². The second-order valence-corrected chi connectivity index (χ2v) is 3.64. The maximum Gasteiger partial charge on any atom is 0.251 e. The molecule has 1 aromatic heterocycles. The van der Waals surface area contributed by atoms with Crippen LogP contribution >= 0.6 is 0 Å². The topological polar surface area (TPSA) is 70.7 Å². The Labute approximate surface area is 98.9 Å². The molecule has 0 aliphatic carbocycles. The highest BCUT2D eigenvalue weighted by Crippen LogP contribution is 2.10. The average Bonchev–Trinajstić information content (AvgIpc) is 2.81. The van der Waals surface area contributed by atoms with E-state index in [-0.39, 0.29) is 5.91 Å². The second kappa shape index (κ2) is 5.25. The molecule has 2 aromatic rings. The summed E-state index contributed by atoms with van der Waals surface area (Å²) in [5.41, 5.74) is 2.06. The number of amides is 1. The number of benzene rings is 1. The number of nitrogens with zero attached hydrogens (tertiary/aromatic N) is 2. The van der Waals surface area contributed by atoms with Crippen LogP contribution in [0.25, 0.3) is 11.0 Å². The predicted molar refractivity (Wildman–Crippen MR) is 65.7 cm³/mol. The Morgan fingerprint density at radius 3 is 3.06 bits per heavy atom. The van der Waals surface area contributed by atoms with Gasteiger partial charge in [0.1, 0.15) is 11.0 Å². The van der Waals surface area contributed by atoms with Crippen LogP contribution in [0.3, 0.4) is 0 Å². The Hall–Kier alpha value is -2.17. The molecule has 0 saturated carbocycles. The molecular weight excluding hydrogens is 216 g/mol. The maximum absolute atomic E-state index is 11.8.